The largest absolute Gasteiger partial charge is 0.459 e. The Morgan fingerprint density at radius 3 is 2.67 bits per heavy atom. The van der Waals surface area contributed by atoms with Crippen molar-refractivity contribution in [3.8, 4) is 0 Å². The molecule has 12 heavy (non-hydrogen) atoms. The van der Waals surface area contributed by atoms with Gasteiger partial charge in [-0.1, -0.05) is 0 Å². The first-order valence-electron chi connectivity index (χ1n) is 4.29. The van der Waals surface area contributed by atoms with E-state index in [9.17, 15) is 4.79 Å². The average molecular weight is 170 g/mol. The minimum Gasteiger partial charge on any atom is -0.459 e. The molecule has 1 N–H and O–H groups in total. The van der Waals surface area contributed by atoms with Crippen LogP contribution in [0.3, 0.4) is 0 Å². The summed E-state index contributed by atoms with van der Waals surface area (Å²) in [7, 11) is 0. The number of hydrogen-bond acceptors (Lipinski definition) is 3. The van der Waals surface area contributed by atoms with Crippen LogP contribution in [0.25, 0.3) is 0 Å². The zero-order chi connectivity index (χ0) is 9.19. The molecule has 1 unspecified atom stereocenters. The second-order valence-electron chi connectivity index (χ2n) is 4.03. The molecule has 0 bridgehead atoms. The van der Waals surface area contributed by atoms with Gasteiger partial charge in [0.15, 0.2) is 0 Å². The maximum atomic E-state index is 11.4. The third kappa shape index (κ3) is 2.81. The van der Waals surface area contributed by atoms with Gasteiger partial charge in [-0.05, 0) is 33.6 Å². The highest BCUT2D eigenvalue weighted by Crippen LogP contribution is 2.14. The molecule has 0 aromatic rings. The minimum atomic E-state index is -0.374. The summed E-state index contributed by atoms with van der Waals surface area (Å²) in [5, 5.41) is 2.98. The number of esters is 1. The summed E-state index contributed by atoms with van der Waals surface area (Å²) >= 11 is 0. The average Bonchev–Trinajstić information content (AvgIpc) is 2.32. The molecule has 1 fully saturated rings. The lowest BCUT2D eigenvalue weighted by atomic mass is 10.2. The zero-order valence-electron chi connectivity index (χ0n) is 7.89. The molecule has 0 saturated carbocycles. The van der Waals surface area contributed by atoms with Gasteiger partial charge in [0.25, 0.3) is 0 Å². The van der Waals surface area contributed by atoms with Crippen molar-refractivity contribution in [2.45, 2.75) is 45.3 Å². The van der Waals surface area contributed by atoms with Crippen molar-refractivity contribution in [2.75, 3.05) is 0 Å². The fourth-order valence-corrected chi connectivity index (χ4v) is 1.12. The van der Waals surface area contributed by atoms with E-state index in [0.717, 1.165) is 12.8 Å². The van der Waals surface area contributed by atoms with E-state index in [1.165, 1.54) is 0 Å². The van der Waals surface area contributed by atoms with Crippen molar-refractivity contribution < 1.29 is 9.53 Å². The van der Waals surface area contributed by atoms with E-state index in [1.807, 2.05) is 27.3 Å². The number of carbonyl (C=O) groups excluding carboxylic acids is 1. The molecule has 1 aliphatic heterocycles. The Morgan fingerprint density at radius 2 is 2.25 bits per heavy atom. The molecule has 0 aromatic carbocycles. The van der Waals surface area contributed by atoms with Crippen LogP contribution >= 0.6 is 0 Å². The van der Waals surface area contributed by atoms with Crippen molar-refractivity contribution in [1.29, 1.82) is 0 Å². The highest BCUT2D eigenvalue weighted by molar-refractivity contribution is 5.76. The van der Waals surface area contributed by atoms with Crippen LogP contribution in [0.5, 0.6) is 0 Å². The summed E-state index contributed by atoms with van der Waals surface area (Å²) in [5.41, 5.74) is -0.374. The first-order chi connectivity index (χ1) is 5.49. The summed E-state index contributed by atoms with van der Waals surface area (Å²) in [5.74, 6) is -0.142. The highest BCUT2D eigenvalue weighted by Gasteiger charge is 2.27. The van der Waals surface area contributed by atoms with Gasteiger partial charge in [0.1, 0.15) is 11.6 Å². The molecule has 3 nitrogen and oxygen atoms in total. The lowest BCUT2D eigenvalue weighted by Gasteiger charge is -2.21. The molecule has 1 heterocycles. The van der Waals surface area contributed by atoms with Crippen molar-refractivity contribution in [3.63, 3.8) is 0 Å². The van der Waals surface area contributed by atoms with E-state index >= 15 is 0 Å². The molecule has 1 saturated heterocycles. The molecular weight excluding hydrogens is 154 g/mol. The number of nitrogens with one attached hydrogen (secondary N) is 1. The topological polar surface area (TPSA) is 38.3 Å². The number of hydrogen-bond donors (Lipinski definition) is 1. The first-order valence-corrected chi connectivity index (χ1v) is 4.29. The normalized spacial score (nSPS) is 24.1. The van der Waals surface area contributed by atoms with Crippen LogP contribution in [0.1, 0.15) is 33.6 Å². The standard InChI is InChI=1S/C9H16NO2/c1-9(2,3)12-8(11)7-5-4-6-10-7/h6-7,10H,4-5H2,1-3H3. The molecule has 0 spiro atoms. The summed E-state index contributed by atoms with van der Waals surface area (Å²) in [6.45, 7) is 7.55. The van der Waals surface area contributed by atoms with E-state index < -0.39 is 0 Å². The second kappa shape index (κ2) is 3.44. The maximum Gasteiger partial charge on any atom is 0.323 e. The number of carbonyl (C=O) groups is 1. The van der Waals surface area contributed by atoms with Crippen molar-refractivity contribution in [3.05, 3.63) is 6.54 Å². The lowest BCUT2D eigenvalue weighted by molar-refractivity contribution is -0.156. The van der Waals surface area contributed by atoms with Gasteiger partial charge in [0.05, 0.1) is 0 Å². The van der Waals surface area contributed by atoms with Gasteiger partial charge >= 0.3 is 5.97 Å². The Kier molecular flexibility index (Phi) is 2.73. The van der Waals surface area contributed by atoms with Crippen LogP contribution in [0.4, 0.5) is 0 Å². The SMILES string of the molecule is CC(C)(C)OC(=O)C1CC[CH]N1. The van der Waals surface area contributed by atoms with E-state index in [1.54, 1.807) is 0 Å². The smallest absolute Gasteiger partial charge is 0.323 e. The Hall–Kier alpha value is -0.570. The van der Waals surface area contributed by atoms with Crippen LogP contribution in [0.15, 0.2) is 0 Å². The fourth-order valence-electron chi connectivity index (χ4n) is 1.12. The predicted octanol–water partition coefficient (Wildman–Crippen LogP) is 1.24. The van der Waals surface area contributed by atoms with E-state index in [4.69, 9.17) is 4.74 Å². The van der Waals surface area contributed by atoms with Gasteiger partial charge in [-0.2, -0.15) is 0 Å². The first kappa shape index (κ1) is 9.52. The van der Waals surface area contributed by atoms with Gasteiger partial charge in [-0.15, -0.1) is 0 Å². The molecule has 1 rings (SSSR count). The number of ether oxygens (including phenoxy) is 1. The van der Waals surface area contributed by atoms with E-state index in [-0.39, 0.29) is 17.6 Å². The molecule has 0 aliphatic carbocycles. The molecule has 0 amide bonds. The molecule has 1 atom stereocenters. The Bertz CT molecular complexity index is 166. The predicted molar refractivity (Wildman–Crippen MR) is 46.3 cm³/mol. The monoisotopic (exact) mass is 170 g/mol. The number of rotatable bonds is 1. The second-order valence-corrected chi connectivity index (χ2v) is 4.03. The van der Waals surface area contributed by atoms with Crippen LogP contribution < -0.4 is 5.32 Å². The lowest BCUT2D eigenvalue weighted by Crippen LogP contribution is -2.36. The Morgan fingerprint density at radius 1 is 1.58 bits per heavy atom. The Labute approximate surface area is 73.5 Å². The van der Waals surface area contributed by atoms with Gasteiger partial charge in [-0.25, -0.2) is 0 Å². The minimum absolute atomic E-state index is 0.121. The van der Waals surface area contributed by atoms with Crippen LogP contribution in [-0.4, -0.2) is 17.6 Å². The van der Waals surface area contributed by atoms with Crippen molar-refractivity contribution in [2.24, 2.45) is 0 Å². The summed E-state index contributed by atoms with van der Waals surface area (Å²) in [4.78, 5) is 11.4. The summed E-state index contributed by atoms with van der Waals surface area (Å²) in [6, 6.07) is -0.121. The summed E-state index contributed by atoms with van der Waals surface area (Å²) in [6.07, 6.45) is 1.80. The van der Waals surface area contributed by atoms with Crippen molar-refractivity contribution >= 4 is 5.97 Å². The molecule has 1 radical (unpaired) electrons. The summed E-state index contributed by atoms with van der Waals surface area (Å²) < 4.78 is 5.20. The third-order valence-electron chi connectivity index (χ3n) is 1.61. The molecule has 0 aromatic heterocycles. The van der Waals surface area contributed by atoms with Crippen LogP contribution in [0, 0.1) is 6.54 Å². The molecule has 3 heteroatoms. The van der Waals surface area contributed by atoms with Gasteiger partial charge < -0.3 is 10.1 Å². The molecule has 1 aliphatic rings. The fraction of sp³-hybridized carbons (Fsp3) is 0.778. The van der Waals surface area contributed by atoms with E-state index in [2.05, 4.69) is 5.32 Å². The zero-order valence-corrected chi connectivity index (χ0v) is 7.89. The Balaban J connectivity index is 2.37. The molecular formula is C9H16NO2. The quantitative estimate of drug-likeness (QED) is 0.602. The third-order valence-corrected chi connectivity index (χ3v) is 1.61. The van der Waals surface area contributed by atoms with Crippen LogP contribution in [-0.2, 0) is 9.53 Å². The maximum absolute atomic E-state index is 11.4. The van der Waals surface area contributed by atoms with Crippen molar-refractivity contribution in [1.82, 2.24) is 5.32 Å². The van der Waals surface area contributed by atoms with Gasteiger partial charge in [-0.3, -0.25) is 4.79 Å². The van der Waals surface area contributed by atoms with Crippen LogP contribution in [0.2, 0.25) is 0 Å². The van der Waals surface area contributed by atoms with Gasteiger partial charge in [0, 0.05) is 6.54 Å². The molecule has 69 valence electrons. The van der Waals surface area contributed by atoms with E-state index in [0.29, 0.717) is 0 Å². The van der Waals surface area contributed by atoms with Gasteiger partial charge in [0.2, 0.25) is 0 Å². The highest BCUT2D eigenvalue weighted by atomic mass is 16.6.